The van der Waals surface area contributed by atoms with Gasteiger partial charge in [-0.3, -0.25) is 9.59 Å². The summed E-state index contributed by atoms with van der Waals surface area (Å²) in [6.45, 7) is 0. The average Bonchev–Trinajstić information content (AvgIpc) is 3.19. The fourth-order valence-corrected chi connectivity index (χ4v) is 2.24. The van der Waals surface area contributed by atoms with E-state index in [-0.39, 0.29) is 22.8 Å². The summed E-state index contributed by atoms with van der Waals surface area (Å²) >= 11 is 0. The molecule has 0 radical (unpaired) electrons. The average molecular weight is 383 g/mol. The first kappa shape index (κ1) is 18.7. The number of nitrogens with one attached hydrogen (secondary N) is 3. The van der Waals surface area contributed by atoms with E-state index in [1.807, 2.05) is 0 Å². The van der Waals surface area contributed by atoms with Gasteiger partial charge in [-0.15, -0.1) is 0 Å². The van der Waals surface area contributed by atoms with Crippen molar-refractivity contribution in [3.05, 3.63) is 71.7 Å². The number of hydrogen-bond donors (Lipinski definition) is 3. The number of benzene rings is 1. The third kappa shape index (κ3) is 4.18. The van der Waals surface area contributed by atoms with E-state index in [0.29, 0.717) is 5.69 Å². The lowest BCUT2D eigenvalue weighted by Crippen LogP contribution is -2.17. The van der Waals surface area contributed by atoms with Gasteiger partial charge in [0, 0.05) is 5.56 Å². The Morgan fingerprint density at radius 1 is 1.00 bits per heavy atom. The molecule has 2 aromatic heterocycles. The summed E-state index contributed by atoms with van der Waals surface area (Å²) in [4.78, 5) is 46.3. The van der Waals surface area contributed by atoms with E-state index < -0.39 is 23.6 Å². The molecule has 2 amide bonds. The number of aromatic nitrogens is 3. The molecular weight excluding hydrogens is 369 g/mol. The van der Waals surface area contributed by atoms with Crippen LogP contribution in [0.4, 0.5) is 15.9 Å². The highest BCUT2D eigenvalue weighted by atomic mass is 19.1. The first-order chi connectivity index (χ1) is 13.5. The molecule has 28 heavy (non-hydrogen) atoms. The van der Waals surface area contributed by atoms with Gasteiger partial charge < -0.3 is 20.4 Å². The molecule has 3 rings (SSSR count). The number of hydrogen-bond acceptors (Lipinski definition) is 6. The molecule has 9 nitrogen and oxygen atoms in total. The van der Waals surface area contributed by atoms with E-state index in [1.54, 1.807) is 0 Å². The van der Waals surface area contributed by atoms with E-state index in [2.05, 4.69) is 30.3 Å². The smallest absolute Gasteiger partial charge is 0.359 e. The Bertz CT molecular complexity index is 1020. The number of H-pyrrole nitrogens is 1. The lowest BCUT2D eigenvalue weighted by Gasteiger charge is -2.07. The molecule has 1 aromatic carbocycles. The van der Waals surface area contributed by atoms with Gasteiger partial charge in [0.1, 0.15) is 17.3 Å². The molecule has 10 heteroatoms. The number of aromatic amines is 1. The number of carbonyl (C=O) groups is 3. The summed E-state index contributed by atoms with van der Waals surface area (Å²) in [5, 5.41) is 5.10. The van der Waals surface area contributed by atoms with Gasteiger partial charge in [-0.05, 0) is 36.4 Å². The number of ether oxygens (including phenoxy) is 1. The van der Waals surface area contributed by atoms with Gasteiger partial charge >= 0.3 is 5.97 Å². The molecule has 0 aliphatic rings. The van der Waals surface area contributed by atoms with Gasteiger partial charge in [-0.2, -0.15) is 0 Å². The molecule has 0 unspecified atom stereocenters. The Kier molecular flexibility index (Phi) is 5.40. The highest BCUT2D eigenvalue weighted by molar-refractivity contribution is 6.09. The topological polar surface area (TPSA) is 126 Å². The Morgan fingerprint density at radius 2 is 1.75 bits per heavy atom. The van der Waals surface area contributed by atoms with Crippen molar-refractivity contribution in [2.45, 2.75) is 0 Å². The van der Waals surface area contributed by atoms with Gasteiger partial charge in [-0.1, -0.05) is 0 Å². The first-order valence-electron chi connectivity index (χ1n) is 7.94. The van der Waals surface area contributed by atoms with Crippen LogP contribution < -0.4 is 10.6 Å². The van der Waals surface area contributed by atoms with Crippen molar-refractivity contribution in [2.24, 2.45) is 0 Å². The zero-order chi connectivity index (χ0) is 20.1. The Hall–Kier alpha value is -4.08. The van der Waals surface area contributed by atoms with Gasteiger partial charge in [0.05, 0.1) is 25.3 Å². The summed E-state index contributed by atoms with van der Waals surface area (Å²) < 4.78 is 17.5. The van der Waals surface area contributed by atoms with Crippen LogP contribution in [0.1, 0.15) is 31.3 Å². The number of amides is 2. The van der Waals surface area contributed by atoms with Crippen LogP contribution in [0.15, 0.2) is 48.9 Å². The van der Waals surface area contributed by atoms with Crippen molar-refractivity contribution < 1.29 is 23.5 Å². The number of imidazole rings is 1. The molecular formula is C18H14FN5O4. The highest BCUT2D eigenvalue weighted by Crippen LogP contribution is 2.14. The van der Waals surface area contributed by atoms with Crippen molar-refractivity contribution in [3.63, 3.8) is 0 Å². The van der Waals surface area contributed by atoms with Gasteiger partial charge in [-0.25, -0.2) is 19.2 Å². The van der Waals surface area contributed by atoms with Crippen molar-refractivity contribution in [1.82, 2.24) is 15.0 Å². The second kappa shape index (κ2) is 8.08. The highest BCUT2D eigenvalue weighted by Gasteiger charge is 2.21. The molecule has 142 valence electrons. The molecule has 0 spiro atoms. The number of anilines is 2. The lowest BCUT2D eigenvalue weighted by molar-refractivity contribution is 0.0591. The Morgan fingerprint density at radius 3 is 2.39 bits per heavy atom. The van der Waals surface area contributed by atoms with Crippen LogP contribution in [0, 0.1) is 5.82 Å². The van der Waals surface area contributed by atoms with Crippen LogP contribution in [0.25, 0.3) is 0 Å². The quantitative estimate of drug-likeness (QED) is 0.580. The fraction of sp³-hybridized carbons (Fsp3) is 0.0556. The van der Waals surface area contributed by atoms with Crippen LogP contribution >= 0.6 is 0 Å². The maximum Gasteiger partial charge on any atom is 0.359 e. The lowest BCUT2D eigenvalue weighted by atomic mass is 10.2. The van der Waals surface area contributed by atoms with E-state index in [0.717, 1.165) is 0 Å². The third-order valence-corrected chi connectivity index (χ3v) is 3.61. The van der Waals surface area contributed by atoms with Gasteiger partial charge in [0.2, 0.25) is 0 Å². The molecule has 0 saturated carbocycles. The zero-order valence-corrected chi connectivity index (χ0v) is 14.5. The van der Waals surface area contributed by atoms with Crippen molar-refractivity contribution in [1.29, 1.82) is 0 Å². The molecule has 0 fully saturated rings. The minimum atomic E-state index is -0.747. The number of rotatable bonds is 5. The molecule has 0 aliphatic carbocycles. The van der Waals surface area contributed by atoms with E-state index in [4.69, 9.17) is 0 Å². The second-order valence-electron chi connectivity index (χ2n) is 5.46. The summed E-state index contributed by atoms with van der Waals surface area (Å²) in [5.41, 5.74) is 0.405. The molecule has 3 aromatic rings. The van der Waals surface area contributed by atoms with Crippen molar-refractivity contribution in [3.8, 4) is 0 Å². The normalized spacial score (nSPS) is 10.2. The van der Waals surface area contributed by atoms with Crippen molar-refractivity contribution >= 4 is 29.3 Å². The number of pyridine rings is 1. The third-order valence-electron chi connectivity index (χ3n) is 3.61. The predicted octanol–water partition coefficient (Wildman–Crippen LogP) is 2.24. The number of halogens is 1. The zero-order valence-electron chi connectivity index (χ0n) is 14.5. The minimum Gasteiger partial charge on any atom is -0.464 e. The molecule has 3 N–H and O–H groups in total. The largest absolute Gasteiger partial charge is 0.464 e. The van der Waals surface area contributed by atoms with Crippen LogP contribution in [0.3, 0.4) is 0 Å². The predicted molar refractivity (Wildman–Crippen MR) is 96.5 cm³/mol. The van der Waals surface area contributed by atoms with E-state index >= 15 is 0 Å². The van der Waals surface area contributed by atoms with Crippen LogP contribution in [-0.4, -0.2) is 39.8 Å². The summed E-state index contributed by atoms with van der Waals surface area (Å²) in [5.74, 6) is -2.01. The standard InChI is InChI=1S/C18H14FN5O4/c1-28-18(27)15-14(21-9-22-15)17(26)23-12-6-7-13(20-8-12)24-16(25)10-2-4-11(19)5-3-10/h2-9H,1H3,(H,21,22)(H,23,26)(H,20,24,25). The Balaban J connectivity index is 1.65. The maximum absolute atomic E-state index is 12.9. The second-order valence-corrected chi connectivity index (χ2v) is 5.46. The van der Waals surface area contributed by atoms with E-state index in [9.17, 15) is 18.8 Å². The van der Waals surface area contributed by atoms with Crippen LogP contribution in [0.2, 0.25) is 0 Å². The molecule has 0 bridgehead atoms. The molecule has 0 aliphatic heterocycles. The molecule has 2 heterocycles. The number of carbonyl (C=O) groups excluding carboxylic acids is 3. The number of methoxy groups -OCH3 is 1. The monoisotopic (exact) mass is 383 g/mol. The minimum absolute atomic E-state index is 0.0551. The van der Waals surface area contributed by atoms with Gasteiger partial charge in [0.15, 0.2) is 5.69 Å². The van der Waals surface area contributed by atoms with Crippen LogP contribution in [0.5, 0.6) is 0 Å². The SMILES string of the molecule is COC(=O)c1nc[nH]c1C(=O)Nc1ccc(NC(=O)c2ccc(F)cc2)nc1. The maximum atomic E-state index is 12.9. The van der Waals surface area contributed by atoms with E-state index in [1.165, 1.54) is 56.0 Å². The molecule has 0 atom stereocenters. The van der Waals surface area contributed by atoms with Gasteiger partial charge in [0.25, 0.3) is 11.8 Å². The summed E-state index contributed by atoms with van der Waals surface area (Å²) in [7, 11) is 1.18. The van der Waals surface area contributed by atoms with Crippen LogP contribution in [-0.2, 0) is 4.74 Å². The van der Waals surface area contributed by atoms with Crippen molar-refractivity contribution in [2.75, 3.05) is 17.7 Å². The number of esters is 1. The number of nitrogens with zero attached hydrogens (tertiary/aromatic N) is 2. The fourth-order valence-electron chi connectivity index (χ4n) is 2.24. The summed E-state index contributed by atoms with van der Waals surface area (Å²) in [6.07, 6.45) is 2.53. The summed E-state index contributed by atoms with van der Waals surface area (Å²) in [6, 6.07) is 8.05. The Labute approximate surface area is 158 Å². The molecule has 0 saturated heterocycles. The first-order valence-corrected chi connectivity index (χ1v) is 7.94.